The lowest BCUT2D eigenvalue weighted by molar-refractivity contribution is -0.122. The summed E-state index contributed by atoms with van der Waals surface area (Å²) in [7, 11) is 0. The fourth-order valence-electron chi connectivity index (χ4n) is 2.41. The molecule has 0 bridgehead atoms. The Balaban J connectivity index is 2.75. The average Bonchev–Trinajstić information content (AvgIpc) is 2.52. The normalized spacial score (nSPS) is 13.7. The Bertz CT molecular complexity index is 429. The van der Waals surface area contributed by atoms with Crippen molar-refractivity contribution in [1.29, 1.82) is 0 Å². The zero-order chi connectivity index (χ0) is 15.7. The van der Waals surface area contributed by atoms with Crippen molar-refractivity contribution in [2.45, 2.75) is 32.4 Å². The molecule has 0 aliphatic rings. The summed E-state index contributed by atoms with van der Waals surface area (Å²) in [6.45, 7) is 10.3. The van der Waals surface area contributed by atoms with Gasteiger partial charge in [-0.3, -0.25) is 9.69 Å². The van der Waals surface area contributed by atoms with E-state index in [1.807, 2.05) is 18.2 Å². The molecule has 0 heterocycles. The molecule has 1 aromatic carbocycles. The molecule has 0 radical (unpaired) electrons. The van der Waals surface area contributed by atoms with Gasteiger partial charge < -0.3 is 11.1 Å². The quantitative estimate of drug-likeness (QED) is 0.684. The lowest BCUT2D eigenvalue weighted by atomic mass is 10.0. The fraction of sp³-hybridized carbons (Fsp3) is 0.471. The topological polar surface area (TPSA) is 58.4 Å². The Morgan fingerprint density at radius 2 is 1.95 bits per heavy atom. The van der Waals surface area contributed by atoms with Crippen molar-refractivity contribution in [3.05, 3.63) is 48.6 Å². The maximum Gasteiger partial charge on any atom is 0.237 e. The maximum atomic E-state index is 12.0. The molecule has 3 N–H and O–H groups in total. The van der Waals surface area contributed by atoms with E-state index >= 15 is 0 Å². The molecule has 1 aromatic rings. The minimum atomic E-state index is -0.518. The van der Waals surface area contributed by atoms with Gasteiger partial charge in [0.05, 0.1) is 12.1 Å². The first kappa shape index (κ1) is 17.4. The summed E-state index contributed by atoms with van der Waals surface area (Å²) in [4.78, 5) is 14.3. The van der Waals surface area contributed by atoms with E-state index in [9.17, 15) is 4.79 Å². The van der Waals surface area contributed by atoms with Gasteiger partial charge in [-0.1, -0.05) is 50.3 Å². The zero-order valence-corrected chi connectivity index (χ0v) is 13.1. The van der Waals surface area contributed by atoms with Crippen molar-refractivity contribution in [3.63, 3.8) is 0 Å². The largest absolute Gasteiger partial charge is 0.353 e. The van der Waals surface area contributed by atoms with Crippen LogP contribution in [0.25, 0.3) is 0 Å². The number of carbonyl (C=O) groups is 1. The number of rotatable bonds is 9. The Hall–Kier alpha value is -1.65. The van der Waals surface area contributed by atoms with Gasteiger partial charge in [-0.15, -0.1) is 6.58 Å². The molecule has 1 rings (SSSR count). The van der Waals surface area contributed by atoms with Crippen LogP contribution >= 0.6 is 0 Å². The third-order valence-corrected chi connectivity index (χ3v) is 3.66. The van der Waals surface area contributed by atoms with Crippen LogP contribution in [0.3, 0.4) is 0 Å². The Morgan fingerprint density at radius 1 is 1.33 bits per heavy atom. The number of hydrogen-bond donors (Lipinski definition) is 2. The van der Waals surface area contributed by atoms with Crippen LogP contribution in [-0.2, 0) is 4.79 Å². The van der Waals surface area contributed by atoms with E-state index in [4.69, 9.17) is 5.73 Å². The summed E-state index contributed by atoms with van der Waals surface area (Å²) in [6, 6.07) is 9.89. The van der Waals surface area contributed by atoms with Crippen molar-refractivity contribution < 1.29 is 4.79 Å². The second kappa shape index (κ2) is 9.32. The summed E-state index contributed by atoms with van der Waals surface area (Å²) in [5, 5.41) is 2.96. The molecule has 0 aliphatic carbocycles. The number of nitrogens with one attached hydrogen (secondary N) is 1. The minimum Gasteiger partial charge on any atom is -0.353 e. The molecule has 116 valence electrons. The zero-order valence-electron chi connectivity index (χ0n) is 13.1. The number of nitrogens with zero attached hydrogens (tertiary/aromatic N) is 1. The summed E-state index contributed by atoms with van der Waals surface area (Å²) in [6.07, 6.45) is 2.16. The third kappa shape index (κ3) is 5.33. The first-order valence-corrected chi connectivity index (χ1v) is 7.57. The van der Waals surface area contributed by atoms with Gasteiger partial charge in [0.15, 0.2) is 0 Å². The van der Waals surface area contributed by atoms with Gasteiger partial charge in [0.25, 0.3) is 0 Å². The number of carbonyl (C=O) groups excluding carboxylic acids is 1. The molecule has 21 heavy (non-hydrogen) atoms. The fourth-order valence-corrected chi connectivity index (χ4v) is 2.41. The van der Waals surface area contributed by atoms with Crippen molar-refractivity contribution in [3.8, 4) is 0 Å². The number of amides is 1. The van der Waals surface area contributed by atoms with E-state index in [1.165, 1.54) is 5.56 Å². The lowest BCUT2D eigenvalue weighted by Crippen LogP contribution is -2.44. The first-order chi connectivity index (χ1) is 10.1. The highest BCUT2D eigenvalue weighted by atomic mass is 16.2. The van der Waals surface area contributed by atoms with E-state index < -0.39 is 6.04 Å². The molecule has 0 aliphatic heterocycles. The molecule has 1 amide bonds. The molecule has 2 unspecified atom stereocenters. The van der Waals surface area contributed by atoms with Gasteiger partial charge >= 0.3 is 0 Å². The Labute approximate surface area is 128 Å². The van der Waals surface area contributed by atoms with E-state index in [-0.39, 0.29) is 11.9 Å². The van der Waals surface area contributed by atoms with Gasteiger partial charge in [0.2, 0.25) is 5.91 Å². The van der Waals surface area contributed by atoms with Crippen molar-refractivity contribution in [2.24, 2.45) is 5.73 Å². The van der Waals surface area contributed by atoms with Crippen LogP contribution in [0, 0.1) is 0 Å². The van der Waals surface area contributed by atoms with Crippen LogP contribution in [0.5, 0.6) is 0 Å². The van der Waals surface area contributed by atoms with Gasteiger partial charge in [-0.25, -0.2) is 0 Å². The van der Waals surface area contributed by atoms with Crippen molar-refractivity contribution in [1.82, 2.24) is 10.2 Å². The minimum absolute atomic E-state index is 0.122. The highest BCUT2D eigenvalue weighted by Gasteiger charge is 2.20. The van der Waals surface area contributed by atoms with Crippen LogP contribution in [0.1, 0.15) is 31.9 Å². The Morgan fingerprint density at radius 3 is 2.48 bits per heavy atom. The molecule has 4 nitrogen and oxygen atoms in total. The molecule has 0 fully saturated rings. The summed E-state index contributed by atoms with van der Waals surface area (Å²) < 4.78 is 0. The van der Waals surface area contributed by atoms with Crippen LogP contribution < -0.4 is 11.1 Å². The molecule has 2 atom stereocenters. The van der Waals surface area contributed by atoms with Crippen molar-refractivity contribution in [2.75, 3.05) is 19.6 Å². The van der Waals surface area contributed by atoms with Crippen LogP contribution in [0.4, 0.5) is 0 Å². The van der Waals surface area contributed by atoms with E-state index in [0.29, 0.717) is 13.0 Å². The van der Waals surface area contributed by atoms with Gasteiger partial charge in [-0.05, 0) is 25.1 Å². The van der Waals surface area contributed by atoms with Crippen LogP contribution in [0.15, 0.2) is 43.0 Å². The number of benzene rings is 1. The molecular formula is C17H27N3O. The van der Waals surface area contributed by atoms with Gasteiger partial charge in [-0.2, -0.15) is 0 Å². The van der Waals surface area contributed by atoms with Crippen LogP contribution in [0.2, 0.25) is 0 Å². The number of hydrogen-bond acceptors (Lipinski definition) is 3. The standard InChI is InChI=1S/C17H27N3O/c1-4-10-15(18)17(21)19-13-16(20(5-2)6-3)14-11-8-7-9-12-14/h4,7-9,11-12,15-16H,1,5-6,10,13,18H2,2-3H3,(H,19,21). The SMILES string of the molecule is C=CCC(N)C(=O)NCC(c1ccccc1)N(CC)CC. The van der Waals surface area contributed by atoms with E-state index in [1.54, 1.807) is 6.08 Å². The molecule has 0 spiro atoms. The predicted molar refractivity (Wildman–Crippen MR) is 87.9 cm³/mol. The monoisotopic (exact) mass is 289 g/mol. The highest BCUT2D eigenvalue weighted by molar-refractivity contribution is 5.81. The van der Waals surface area contributed by atoms with E-state index in [2.05, 4.69) is 42.8 Å². The summed E-state index contributed by atoms with van der Waals surface area (Å²) in [5.41, 5.74) is 7.00. The highest BCUT2D eigenvalue weighted by Crippen LogP contribution is 2.19. The van der Waals surface area contributed by atoms with Gasteiger partial charge in [0, 0.05) is 6.54 Å². The summed E-state index contributed by atoms with van der Waals surface area (Å²) >= 11 is 0. The Kier molecular flexibility index (Phi) is 7.72. The molecule has 0 saturated heterocycles. The maximum absolute atomic E-state index is 12.0. The third-order valence-electron chi connectivity index (χ3n) is 3.66. The molecule has 0 saturated carbocycles. The number of nitrogens with two attached hydrogens (primary N) is 1. The summed E-state index contributed by atoms with van der Waals surface area (Å²) in [5.74, 6) is -0.122. The van der Waals surface area contributed by atoms with Crippen molar-refractivity contribution >= 4 is 5.91 Å². The smallest absolute Gasteiger partial charge is 0.237 e. The molecular weight excluding hydrogens is 262 g/mol. The van der Waals surface area contributed by atoms with E-state index in [0.717, 1.165) is 13.1 Å². The lowest BCUT2D eigenvalue weighted by Gasteiger charge is -2.30. The number of likely N-dealkylation sites (N-methyl/N-ethyl adjacent to an activating group) is 1. The van der Waals surface area contributed by atoms with Crippen LogP contribution in [-0.4, -0.2) is 36.5 Å². The van der Waals surface area contributed by atoms with Gasteiger partial charge in [0.1, 0.15) is 0 Å². The second-order valence-electron chi connectivity index (χ2n) is 5.02. The molecule has 0 aromatic heterocycles. The molecule has 4 heteroatoms. The predicted octanol–water partition coefficient (Wildman–Crippen LogP) is 2.09. The second-order valence-corrected chi connectivity index (χ2v) is 5.02. The average molecular weight is 289 g/mol. The first-order valence-electron chi connectivity index (χ1n) is 7.57.